The van der Waals surface area contributed by atoms with E-state index in [4.69, 9.17) is 10.5 Å². The summed E-state index contributed by atoms with van der Waals surface area (Å²) in [6.07, 6.45) is -1.40. The van der Waals surface area contributed by atoms with Gasteiger partial charge in [0.1, 0.15) is 17.0 Å². The molecule has 0 unspecified atom stereocenters. The smallest absolute Gasteiger partial charge is 0.382 e. The van der Waals surface area contributed by atoms with Gasteiger partial charge in [0.05, 0.1) is 48.5 Å². The lowest BCUT2D eigenvalue weighted by Gasteiger charge is -2.35. The van der Waals surface area contributed by atoms with Crippen molar-refractivity contribution in [3.63, 3.8) is 0 Å². The van der Waals surface area contributed by atoms with E-state index in [0.29, 0.717) is 39.1 Å². The van der Waals surface area contributed by atoms with Gasteiger partial charge in [-0.25, -0.2) is 20.4 Å². The second-order valence-electron chi connectivity index (χ2n) is 7.96. The number of nitrogen functional groups attached to an aromatic ring is 1. The Kier molecular flexibility index (Phi) is 5.14. The minimum Gasteiger partial charge on any atom is -0.382 e. The number of hydrazine groups is 1. The van der Waals surface area contributed by atoms with E-state index in [9.17, 15) is 18.0 Å². The van der Waals surface area contributed by atoms with Crippen molar-refractivity contribution in [2.24, 2.45) is 0 Å². The number of alkyl halides is 3. The number of aromatic nitrogens is 4. The molecule has 12 heteroatoms. The van der Waals surface area contributed by atoms with Gasteiger partial charge in [-0.1, -0.05) is 6.07 Å². The van der Waals surface area contributed by atoms with Crippen LogP contribution in [0.15, 0.2) is 36.8 Å². The van der Waals surface area contributed by atoms with E-state index in [0.717, 1.165) is 6.07 Å². The fourth-order valence-corrected chi connectivity index (χ4v) is 4.25. The summed E-state index contributed by atoms with van der Waals surface area (Å²) in [6.45, 7) is 1.81. The maximum absolute atomic E-state index is 13.7. The first-order valence-electron chi connectivity index (χ1n) is 10.4. The summed E-state index contributed by atoms with van der Waals surface area (Å²) in [5.41, 5.74) is 11.4. The highest BCUT2D eigenvalue weighted by molar-refractivity contribution is 5.99. The Morgan fingerprint density at radius 3 is 2.79 bits per heavy atom. The minimum atomic E-state index is -4.57. The van der Waals surface area contributed by atoms with Crippen LogP contribution in [-0.4, -0.2) is 43.9 Å². The molecule has 1 amide bonds. The second-order valence-corrected chi connectivity index (χ2v) is 7.96. The van der Waals surface area contributed by atoms with Crippen molar-refractivity contribution in [1.82, 2.24) is 29.8 Å². The van der Waals surface area contributed by atoms with E-state index in [-0.39, 0.29) is 24.8 Å². The molecule has 0 bridgehead atoms. The monoisotopic (exact) mass is 471 g/mol. The van der Waals surface area contributed by atoms with Crippen molar-refractivity contribution in [2.75, 3.05) is 19.4 Å². The summed E-state index contributed by atoms with van der Waals surface area (Å²) in [4.78, 5) is 25.9. The van der Waals surface area contributed by atoms with Crippen LogP contribution in [0, 0.1) is 6.92 Å². The van der Waals surface area contributed by atoms with Crippen molar-refractivity contribution in [2.45, 2.75) is 25.7 Å². The van der Waals surface area contributed by atoms with Crippen LogP contribution in [0.5, 0.6) is 0 Å². The number of hydrogen-bond acceptors (Lipinski definition) is 7. The molecule has 1 aliphatic rings. The number of nitrogens with zero attached hydrogens (tertiary/aromatic N) is 5. The molecule has 0 fully saturated rings. The van der Waals surface area contributed by atoms with Crippen LogP contribution in [-0.2, 0) is 17.5 Å². The first-order chi connectivity index (χ1) is 16.2. The quantitative estimate of drug-likeness (QED) is 0.442. The largest absolute Gasteiger partial charge is 0.433 e. The molecule has 0 radical (unpaired) electrons. The lowest BCUT2D eigenvalue weighted by molar-refractivity contribution is -0.141. The zero-order valence-corrected chi connectivity index (χ0v) is 18.2. The van der Waals surface area contributed by atoms with E-state index in [1.807, 2.05) is 0 Å². The zero-order valence-electron chi connectivity index (χ0n) is 18.2. The van der Waals surface area contributed by atoms with Gasteiger partial charge in [0.15, 0.2) is 0 Å². The molecule has 0 saturated heterocycles. The number of hydrogen-bond donors (Lipinski definition) is 2. The predicted molar refractivity (Wildman–Crippen MR) is 117 cm³/mol. The number of nitrogens with two attached hydrogens (primary N) is 1. The van der Waals surface area contributed by atoms with Gasteiger partial charge in [-0.15, -0.1) is 0 Å². The maximum Gasteiger partial charge on any atom is 0.433 e. The van der Waals surface area contributed by atoms with Gasteiger partial charge in [-0.2, -0.15) is 13.2 Å². The fraction of sp³-hybridized carbons (Fsp3) is 0.273. The molecule has 176 valence electrons. The van der Waals surface area contributed by atoms with E-state index >= 15 is 0 Å². The number of fused-ring (bicyclic) bond motifs is 4. The summed E-state index contributed by atoms with van der Waals surface area (Å²) in [7, 11) is 1.57. The third-order valence-corrected chi connectivity index (χ3v) is 5.90. The number of aryl methyl sites for hydroxylation is 1. The number of pyridine rings is 1. The highest BCUT2D eigenvalue weighted by Gasteiger charge is 2.36. The van der Waals surface area contributed by atoms with E-state index in [1.54, 1.807) is 43.0 Å². The number of amides is 1. The van der Waals surface area contributed by atoms with Gasteiger partial charge in [0.25, 0.3) is 5.91 Å². The Balaban J connectivity index is 1.57. The Morgan fingerprint density at radius 1 is 1.26 bits per heavy atom. The Hall–Kier alpha value is -3.77. The molecule has 1 aliphatic heterocycles. The molecule has 0 spiro atoms. The van der Waals surface area contributed by atoms with Gasteiger partial charge in [0.2, 0.25) is 0 Å². The van der Waals surface area contributed by atoms with Crippen molar-refractivity contribution >= 4 is 28.3 Å². The number of benzene rings is 1. The molecule has 1 aromatic carbocycles. The normalized spacial score (nSPS) is 16.1. The second kappa shape index (κ2) is 7.92. The molecule has 0 saturated carbocycles. The first kappa shape index (κ1) is 22.0. The van der Waals surface area contributed by atoms with Crippen LogP contribution in [0.2, 0.25) is 0 Å². The maximum atomic E-state index is 13.7. The number of halogens is 3. The van der Waals surface area contributed by atoms with Crippen molar-refractivity contribution in [3.05, 3.63) is 64.9 Å². The first-order valence-corrected chi connectivity index (χ1v) is 10.4. The molecule has 0 aliphatic carbocycles. The topological polar surface area (TPSA) is 111 Å². The highest BCUT2D eigenvalue weighted by atomic mass is 19.4. The average molecular weight is 471 g/mol. The van der Waals surface area contributed by atoms with Gasteiger partial charge < -0.3 is 10.5 Å². The standard InChI is InChI=1S/C22H20F3N7O2/c1-11-5-14-16(31-10-28-7-17(31)20(26)30-14)6-13(11)21(33)32(27-2)18-9-34-8-15-12(18)3-4-19(29-15)22(23,24)25/h3-7,10,18,27H,8-9H2,1-2H3,(H2,26,30)/t18-/m1/s1. The van der Waals surface area contributed by atoms with E-state index in [2.05, 4.69) is 20.4 Å². The molecule has 9 nitrogen and oxygen atoms in total. The third kappa shape index (κ3) is 3.51. The SMILES string of the molecule is CNN(C(=O)c1cc2c(cc1C)nc(N)c1cncn12)[C@@H]1COCc2nc(C(F)(F)F)ccc21. The van der Waals surface area contributed by atoms with Crippen LogP contribution in [0.4, 0.5) is 19.0 Å². The summed E-state index contributed by atoms with van der Waals surface area (Å²) in [6, 6.07) is 5.06. The Bertz CT molecular complexity index is 1430. The summed E-state index contributed by atoms with van der Waals surface area (Å²) < 4.78 is 46.6. The molecular weight excluding hydrogens is 451 g/mol. The lowest BCUT2D eigenvalue weighted by atomic mass is 10.0. The summed E-state index contributed by atoms with van der Waals surface area (Å²) >= 11 is 0. The molecule has 3 aromatic heterocycles. The van der Waals surface area contributed by atoms with Crippen molar-refractivity contribution < 1.29 is 22.7 Å². The van der Waals surface area contributed by atoms with Crippen molar-refractivity contribution in [3.8, 4) is 0 Å². The van der Waals surface area contributed by atoms with Gasteiger partial charge >= 0.3 is 6.18 Å². The average Bonchev–Trinajstić information content (AvgIpc) is 3.29. The molecule has 5 rings (SSSR count). The van der Waals surface area contributed by atoms with Crippen LogP contribution < -0.4 is 11.2 Å². The zero-order chi connectivity index (χ0) is 24.2. The third-order valence-electron chi connectivity index (χ3n) is 5.90. The molecule has 1 atom stereocenters. The van der Waals surface area contributed by atoms with Gasteiger partial charge in [0, 0.05) is 18.2 Å². The number of ether oxygens (including phenoxy) is 1. The van der Waals surface area contributed by atoms with Crippen LogP contribution in [0.1, 0.15) is 38.9 Å². The number of rotatable bonds is 3. The van der Waals surface area contributed by atoms with Gasteiger partial charge in [-0.05, 0) is 30.7 Å². The lowest BCUT2D eigenvalue weighted by Crippen LogP contribution is -2.46. The molecule has 4 heterocycles. The molecule has 4 aromatic rings. The minimum absolute atomic E-state index is 0.0673. The Morgan fingerprint density at radius 2 is 2.06 bits per heavy atom. The summed E-state index contributed by atoms with van der Waals surface area (Å²) in [5.74, 6) is -0.0599. The van der Waals surface area contributed by atoms with Crippen LogP contribution in [0.25, 0.3) is 16.6 Å². The number of anilines is 1. The summed E-state index contributed by atoms with van der Waals surface area (Å²) in [5, 5.41) is 1.34. The number of imidazole rings is 1. The predicted octanol–water partition coefficient (Wildman–Crippen LogP) is 3.04. The van der Waals surface area contributed by atoms with Gasteiger partial charge in [-0.3, -0.25) is 14.2 Å². The van der Waals surface area contributed by atoms with Crippen LogP contribution in [0.3, 0.4) is 0 Å². The van der Waals surface area contributed by atoms with Crippen LogP contribution >= 0.6 is 0 Å². The van der Waals surface area contributed by atoms with Crippen molar-refractivity contribution in [1.29, 1.82) is 0 Å². The highest BCUT2D eigenvalue weighted by Crippen LogP contribution is 2.34. The Labute approximate surface area is 191 Å². The number of carbonyl (C=O) groups is 1. The number of nitrogens with one attached hydrogen (secondary N) is 1. The molecular formula is C22H20F3N7O2. The number of carbonyl (C=O) groups excluding carboxylic acids is 1. The van der Waals surface area contributed by atoms with E-state index < -0.39 is 17.9 Å². The molecule has 3 N–H and O–H groups in total. The van der Waals surface area contributed by atoms with E-state index in [1.165, 1.54) is 11.1 Å². The fourth-order valence-electron chi connectivity index (χ4n) is 4.25. The molecule has 34 heavy (non-hydrogen) atoms.